The molecule has 5 heteroatoms. The summed E-state index contributed by atoms with van der Waals surface area (Å²) in [6.45, 7) is 1.92. The van der Waals surface area contributed by atoms with E-state index in [9.17, 15) is 18.0 Å². The Labute approximate surface area is 136 Å². The maximum absolute atomic E-state index is 13.1. The summed E-state index contributed by atoms with van der Waals surface area (Å²) in [5.74, 6) is -1.39. The summed E-state index contributed by atoms with van der Waals surface area (Å²) >= 11 is 0. The molecular weight excluding hydrogens is 317 g/mol. The third-order valence-electron chi connectivity index (χ3n) is 3.96. The van der Waals surface area contributed by atoms with Crippen molar-refractivity contribution < 1.29 is 23.1 Å². The van der Waals surface area contributed by atoms with Crippen molar-refractivity contribution in [3.05, 3.63) is 71.3 Å². The molecule has 0 spiro atoms. The van der Waals surface area contributed by atoms with Gasteiger partial charge < -0.3 is 5.11 Å². The number of carboxylic acids is 1. The Balaban J connectivity index is 2.32. The maximum atomic E-state index is 13.1. The van der Waals surface area contributed by atoms with Crippen molar-refractivity contribution in [2.24, 2.45) is 0 Å². The third-order valence-corrected chi connectivity index (χ3v) is 3.96. The van der Waals surface area contributed by atoms with Gasteiger partial charge in [-0.15, -0.1) is 0 Å². The summed E-state index contributed by atoms with van der Waals surface area (Å²) in [7, 11) is 0. The number of hydrogen-bond donors (Lipinski definition) is 1. The number of halogens is 3. The Morgan fingerprint density at radius 3 is 2.25 bits per heavy atom. The van der Waals surface area contributed by atoms with Crippen LogP contribution in [0.1, 0.15) is 21.5 Å². The lowest BCUT2D eigenvalue weighted by Crippen LogP contribution is -2.08. The van der Waals surface area contributed by atoms with Crippen LogP contribution in [-0.4, -0.2) is 11.1 Å². The summed E-state index contributed by atoms with van der Waals surface area (Å²) in [6.07, 6.45) is -4.61. The molecule has 0 saturated heterocycles. The second-order valence-corrected chi connectivity index (χ2v) is 5.58. The van der Waals surface area contributed by atoms with Gasteiger partial charge in [-0.25, -0.2) is 4.79 Å². The normalized spacial score (nSPS) is 11.7. The molecule has 0 aliphatic carbocycles. The van der Waals surface area contributed by atoms with E-state index in [1.165, 1.54) is 6.07 Å². The van der Waals surface area contributed by atoms with E-state index >= 15 is 0 Å². The molecule has 1 N–H and O–H groups in total. The van der Waals surface area contributed by atoms with Crippen LogP contribution in [0.2, 0.25) is 0 Å². The van der Waals surface area contributed by atoms with Gasteiger partial charge in [-0.3, -0.25) is 0 Å². The number of aromatic carboxylic acids is 1. The predicted molar refractivity (Wildman–Crippen MR) is 86.1 cm³/mol. The first-order valence-electron chi connectivity index (χ1n) is 7.21. The predicted octanol–water partition coefficient (Wildman–Crippen LogP) is 5.53. The molecule has 0 bridgehead atoms. The first-order chi connectivity index (χ1) is 11.3. The van der Waals surface area contributed by atoms with Gasteiger partial charge >= 0.3 is 12.1 Å². The monoisotopic (exact) mass is 330 g/mol. The number of carbonyl (C=O) groups is 1. The number of carboxylic acid groups (broad SMARTS) is 1. The molecule has 3 aromatic rings. The number of fused-ring (bicyclic) bond motifs is 1. The molecule has 3 aromatic carbocycles. The molecular formula is C19H13F3O2. The van der Waals surface area contributed by atoms with Crippen molar-refractivity contribution in [1.29, 1.82) is 0 Å². The first-order valence-corrected chi connectivity index (χ1v) is 7.21. The fourth-order valence-electron chi connectivity index (χ4n) is 2.77. The molecule has 0 unspecified atom stereocenters. The Hall–Kier alpha value is -2.82. The quantitative estimate of drug-likeness (QED) is 0.670. The van der Waals surface area contributed by atoms with Crippen LogP contribution in [0, 0.1) is 6.92 Å². The Morgan fingerprint density at radius 2 is 1.62 bits per heavy atom. The van der Waals surface area contributed by atoms with Gasteiger partial charge in [0, 0.05) is 0 Å². The van der Waals surface area contributed by atoms with Gasteiger partial charge in [-0.05, 0) is 52.6 Å². The number of hydrogen-bond acceptors (Lipinski definition) is 1. The molecule has 0 aliphatic heterocycles. The molecule has 0 aromatic heterocycles. The molecule has 0 heterocycles. The zero-order valence-corrected chi connectivity index (χ0v) is 12.7. The Bertz CT molecular complexity index is 943. The molecule has 0 fully saturated rings. The van der Waals surface area contributed by atoms with Crippen molar-refractivity contribution >= 4 is 16.7 Å². The topological polar surface area (TPSA) is 37.3 Å². The molecule has 2 nitrogen and oxygen atoms in total. The van der Waals surface area contributed by atoms with Gasteiger partial charge in [0.15, 0.2) is 0 Å². The fraction of sp³-hybridized carbons (Fsp3) is 0.105. The SMILES string of the molecule is Cc1ccc(-c2cc(C(=O)O)cc(C(F)(F)F)c2)c2ccccc12. The second-order valence-electron chi connectivity index (χ2n) is 5.58. The van der Waals surface area contributed by atoms with Gasteiger partial charge in [-0.2, -0.15) is 13.2 Å². The van der Waals surface area contributed by atoms with Crippen LogP contribution < -0.4 is 0 Å². The molecule has 3 rings (SSSR count). The van der Waals surface area contributed by atoms with E-state index in [1.54, 1.807) is 12.1 Å². The van der Waals surface area contributed by atoms with Crippen LogP contribution in [-0.2, 0) is 6.18 Å². The maximum Gasteiger partial charge on any atom is 0.416 e. The van der Waals surface area contributed by atoms with Crippen molar-refractivity contribution in [3.8, 4) is 11.1 Å². The summed E-state index contributed by atoms with van der Waals surface area (Å²) in [5, 5.41) is 10.8. The van der Waals surface area contributed by atoms with E-state index in [2.05, 4.69) is 0 Å². The highest BCUT2D eigenvalue weighted by atomic mass is 19.4. The minimum Gasteiger partial charge on any atom is -0.478 e. The minimum absolute atomic E-state index is 0.235. The van der Waals surface area contributed by atoms with E-state index in [0.29, 0.717) is 11.6 Å². The van der Waals surface area contributed by atoms with E-state index in [0.717, 1.165) is 22.4 Å². The lowest BCUT2D eigenvalue weighted by molar-refractivity contribution is -0.137. The molecule has 0 saturated carbocycles. The van der Waals surface area contributed by atoms with Crippen LogP contribution in [0.4, 0.5) is 13.2 Å². The number of rotatable bonds is 2. The van der Waals surface area contributed by atoms with E-state index in [-0.39, 0.29) is 11.1 Å². The van der Waals surface area contributed by atoms with E-state index < -0.39 is 17.7 Å². The van der Waals surface area contributed by atoms with Crippen LogP contribution in [0.3, 0.4) is 0 Å². The highest BCUT2D eigenvalue weighted by Gasteiger charge is 2.32. The van der Waals surface area contributed by atoms with E-state index in [1.807, 2.05) is 31.2 Å². The third kappa shape index (κ3) is 2.85. The average molecular weight is 330 g/mol. The van der Waals surface area contributed by atoms with Crippen LogP contribution in [0.5, 0.6) is 0 Å². The highest BCUT2D eigenvalue weighted by molar-refractivity contribution is 5.99. The standard InChI is InChI=1S/C19H13F3O2/c1-11-6-7-16(17-5-3-2-4-15(11)17)12-8-13(18(23)24)10-14(9-12)19(20,21)22/h2-10H,1H3,(H,23,24). The van der Waals surface area contributed by atoms with Gasteiger partial charge in [0.2, 0.25) is 0 Å². The summed E-state index contributed by atoms with van der Waals surface area (Å²) in [4.78, 5) is 11.2. The average Bonchev–Trinajstić information content (AvgIpc) is 2.54. The second kappa shape index (κ2) is 5.67. The number of alkyl halides is 3. The van der Waals surface area contributed by atoms with E-state index in [4.69, 9.17) is 5.11 Å². The molecule has 24 heavy (non-hydrogen) atoms. The zero-order chi connectivity index (χ0) is 17.5. The van der Waals surface area contributed by atoms with Crippen molar-refractivity contribution in [2.45, 2.75) is 13.1 Å². The zero-order valence-electron chi connectivity index (χ0n) is 12.7. The van der Waals surface area contributed by atoms with Crippen LogP contribution in [0.15, 0.2) is 54.6 Å². The van der Waals surface area contributed by atoms with Crippen molar-refractivity contribution in [2.75, 3.05) is 0 Å². The largest absolute Gasteiger partial charge is 0.478 e. The molecule has 0 amide bonds. The smallest absolute Gasteiger partial charge is 0.416 e. The number of aryl methyl sites for hydroxylation is 1. The molecule has 0 aliphatic rings. The summed E-state index contributed by atoms with van der Waals surface area (Å²) < 4.78 is 39.3. The van der Waals surface area contributed by atoms with Gasteiger partial charge in [0.25, 0.3) is 0 Å². The Morgan fingerprint density at radius 1 is 0.958 bits per heavy atom. The summed E-state index contributed by atoms with van der Waals surface area (Å²) in [6, 6.07) is 13.8. The fourth-order valence-corrected chi connectivity index (χ4v) is 2.77. The highest BCUT2D eigenvalue weighted by Crippen LogP contribution is 2.36. The number of benzene rings is 3. The Kier molecular flexibility index (Phi) is 3.79. The van der Waals surface area contributed by atoms with Crippen LogP contribution in [0.25, 0.3) is 21.9 Å². The van der Waals surface area contributed by atoms with Gasteiger partial charge in [0.05, 0.1) is 11.1 Å². The molecule has 0 radical (unpaired) electrons. The lowest BCUT2D eigenvalue weighted by atomic mass is 9.93. The van der Waals surface area contributed by atoms with Crippen LogP contribution >= 0.6 is 0 Å². The lowest BCUT2D eigenvalue weighted by Gasteiger charge is -2.13. The van der Waals surface area contributed by atoms with Gasteiger partial charge in [0.1, 0.15) is 0 Å². The first kappa shape index (κ1) is 16.1. The molecule has 122 valence electrons. The van der Waals surface area contributed by atoms with Gasteiger partial charge in [-0.1, -0.05) is 36.4 Å². The van der Waals surface area contributed by atoms with Crippen molar-refractivity contribution in [1.82, 2.24) is 0 Å². The minimum atomic E-state index is -4.61. The van der Waals surface area contributed by atoms with Crippen molar-refractivity contribution in [3.63, 3.8) is 0 Å². The summed E-state index contributed by atoms with van der Waals surface area (Å²) in [5.41, 5.74) is 0.453. The molecule has 0 atom stereocenters.